The van der Waals surface area contributed by atoms with E-state index < -0.39 is 0 Å². The van der Waals surface area contributed by atoms with E-state index in [-0.39, 0.29) is 36.5 Å². The van der Waals surface area contributed by atoms with E-state index in [2.05, 4.69) is 46.9 Å². The lowest BCUT2D eigenvalue weighted by Crippen LogP contribution is -2.27. The summed E-state index contributed by atoms with van der Waals surface area (Å²) in [5.74, 6) is 3.31. The molecule has 0 aliphatic heterocycles. The quantitative estimate of drug-likeness (QED) is 0.0702. The number of para-hydroxylation sites is 3. The molecule has 5 heterocycles. The van der Waals surface area contributed by atoms with Gasteiger partial charge in [-0.15, -0.1) is 0 Å². The van der Waals surface area contributed by atoms with Crippen LogP contribution < -0.4 is 26.2 Å². The van der Waals surface area contributed by atoms with E-state index in [9.17, 15) is 19.5 Å². The molecule has 0 bridgehead atoms. The summed E-state index contributed by atoms with van der Waals surface area (Å²) in [6, 6.07) is 77.1. The second kappa shape index (κ2) is 36.3. The first-order chi connectivity index (χ1) is 47.4. The van der Waals surface area contributed by atoms with Gasteiger partial charge in [-0.25, -0.2) is 15.0 Å². The van der Waals surface area contributed by atoms with Crippen molar-refractivity contribution in [2.24, 2.45) is 0 Å². The van der Waals surface area contributed by atoms with Crippen molar-refractivity contribution < 1.29 is 19.7 Å². The molecule has 0 saturated carbocycles. The van der Waals surface area contributed by atoms with E-state index >= 15 is 0 Å². The summed E-state index contributed by atoms with van der Waals surface area (Å²) in [5, 5.41) is 25.8. The first-order valence-electron chi connectivity index (χ1n) is 32.0. The number of rotatable bonds is 20. The second-order valence-corrected chi connectivity index (χ2v) is 25.2. The third-order valence-electron chi connectivity index (χ3n) is 15.9. The Bertz CT molecular complexity index is 4820. The van der Waals surface area contributed by atoms with E-state index in [1.807, 2.05) is 236 Å². The zero-order valence-corrected chi connectivity index (χ0v) is 58.3. The molecule has 0 spiro atoms. The van der Waals surface area contributed by atoms with Gasteiger partial charge in [0.1, 0.15) is 47.9 Å². The van der Waals surface area contributed by atoms with Gasteiger partial charge in [-0.1, -0.05) is 195 Å². The van der Waals surface area contributed by atoms with Crippen molar-refractivity contribution >= 4 is 45.3 Å². The topological polar surface area (TPSA) is 164 Å². The van der Waals surface area contributed by atoms with E-state index in [1.165, 1.54) is 11.1 Å². The highest BCUT2D eigenvalue weighted by atomic mass is 127. The zero-order chi connectivity index (χ0) is 67.9. The van der Waals surface area contributed by atoms with Crippen LogP contribution in [0, 0.1) is 24.3 Å². The highest BCUT2D eigenvalue weighted by Crippen LogP contribution is 2.34. The number of hydrogen-bond donors (Lipinski definition) is 2. The predicted molar refractivity (Wildman–Crippen MR) is 408 cm³/mol. The Kier molecular flexibility index (Phi) is 26.7. The second-order valence-electron chi connectivity index (χ2n) is 22.6. The maximum atomic E-state index is 13.9. The summed E-state index contributed by atoms with van der Waals surface area (Å²) in [7, 11) is 0. The molecule has 13 rings (SSSR count). The van der Waals surface area contributed by atoms with Crippen molar-refractivity contribution in [3.63, 3.8) is 0 Å². The molecule has 0 atom stereocenters. The molecule has 13 aromatic rings. The van der Waals surface area contributed by atoms with Crippen molar-refractivity contribution in [1.29, 1.82) is 0 Å². The number of thiophene rings is 2. The lowest BCUT2D eigenvalue weighted by molar-refractivity contribution is 0.307. The standard InChI is InChI=1S/C30H26N2O2S.C26H23IN2O2.C23H20N2O2S.C2H6O.CH4/c1-22-28(25-17-19-35-21-25)30(33)32(18-16-23-10-4-2-5-11-23)29(31-22)26-14-8-9-15-27(26)34-20-24-12-6-3-7-13-24;1-19-24(27)26(30)29(17-16-20-10-4-2-5-11-20)25(28-19)22-14-8-9-15-23(22)31-18-21-12-6-3-7-13-21;1-16-21(18-12-14-28-15-18)23(27)25(13-11-17-7-3-2-4-8-17)22(24-16)19-9-5-6-10-20(19)26;1-2-3;/h2-15,17,19,21H,16,18,20H2,1H3;2-15H,16-18H2,1H3;2-10,12,14-15,26H,11,13H2,1H3;3H,2H2,1H3;1H4. The monoisotopic (exact) mass is 1450 g/mol. The van der Waals surface area contributed by atoms with Gasteiger partial charge in [-0.05, 0) is 179 Å². The maximum absolute atomic E-state index is 13.9. The molecular formula is C82H79IN6O7S2. The van der Waals surface area contributed by atoms with E-state index in [1.54, 1.807) is 61.5 Å². The SMILES string of the molecule is C.CCO.Cc1nc(-c2ccccc2O)n(CCc2ccccc2)c(=O)c1-c1ccsc1.Cc1nc(-c2ccccc2OCc2ccccc2)n(CCc2ccccc2)c(=O)c1-c1ccsc1.Cc1nc(-c2ccccc2OCc2ccccc2)n(CCc2ccccc2)c(=O)c1I. The summed E-state index contributed by atoms with van der Waals surface area (Å²) in [4.78, 5) is 55.0. The van der Waals surface area contributed by atoms with Crippen LogP contribution in [0.1, 0.15) is 59.2 Å². The van der Waals surface area contributed by atoms with Gasteiger partial charge in [0.15, 0.2) is 0 Å². The summed E-state index contributed by atoms with van der Waals surface area (Å²) in [6.45, 7) is 10.0. The number of phenols is 1. The molecule has 8 aromatic carbocycles. The number of halogens is 1. The normalized spacial score (nSPS) is 10.6. The lowest BCUT2D eigenvalue weighted by Gasteiger charge is -2.18. The predicted octanol–water partition coefficient (Wildman–Crippen LogP) is 17.9. The number of aliphatic hydroxyl groups is 1. The fraction of sp³-hybridized carbons (Fsp3) is 0.171. The fourth-order valence-electron chi connectivity index (χ4n) is 11.0. The van der Waals surface area contributed by atoms with Crippen LogP contribution in [0.5, 0.6) is 17.2 Å². The van der Waals surface area contributed by atoms with Crippen LogP contribution in [0.2, 0.25) is 0 Å². The van der Waals surface area contributed by atoms with Crippen LogP contribution in [-0.2, 0) is 52.1 Å². The van der Waals surface area contributed by atoms with Gasteiger partial charge in [0, 0.05) is 26.2 Å². The lowest BCUT2D eigenvalue weighted by atomic mass is 10.1. The number of benzene rings is 8. The molecule has 5 aromatic heterocycles. The molecule has 0 aliphatic rings. The van der Waals surface area contributed by atoms with Crippen LogP contribution in [-0.4, -0.2) is 45.5 Å². The molecule has 0 saturated heterocycles. The minimum atomic E-state index is -0.0833. The first kappa shape index (κ1) is 72.2. The molecule has 498 valence electrons. The van der Waals surface area contributed by atoms with Crippen molar-refractivity contribution in [2.75, 3.05) is 6.61 Å². The molecule has 16 heteroatoms. The maximum Gasteiger partial charge on any atom is 0.267 e. The van der Waals surface area contributed by atoms with Crippen molar-refractivity contribution in [3.05, 3.63) is 338 Å². The molecule has 98 heavy (non-hydrogen) atoms. The number of hydrogen-bond acceptors (Lipinski definition) is 12. The molecule has 0 aliphatic carbocycles. The van der Waals surface area contributed by atoms with Crippen molar-refractivity contribution in [2.45, 2.75) is 87.2 Å². The van der Waals surface area contributed by atoms with Crippen LogP contribution >= 0.6 is 45.3 Å². The molecule has 0 amide bonds. The highest BCUT2D eigenvalue weighted by molar-refractivity contribution is 14.1. The first-order valence-corrected chi connectivity index (χ1v) is 34.9. The Morgan fingerprint density at radius 2 is 0.714 bits per heavy atom. The van der Waals surface area contributed by atoms with Gasteiger partial charge in [-0.2, -0.15) is 22.7 Å². The number of ether oxygens (including phenoxy) is 2. The Hall–Kier alpha value is -10.1. The van der Waals surface area contributed by atoms with Gasteiger partial charge >= 0.3 is 0 Å². The molecule has 2 N–H and O–H groups in total. The van der Waals surface area contributed by atoms with Crippen LogP contribution in [0.15, 0.2) is 272 Å². The zero-order valence-electron chi connectivity index (χ0n) is 54.5. The van der Waals surface area contributed by atoms with Gasteiger partial charge < -0.3 is 19.7 Å². The van der Waals surface area contributed by atoms with E-state index in [0.29, 0.717) is 94.2 Å². The molecule has 0 fully saturated rings. The number of aliphatic hydroxyl groups excluding tert-OH is 1. The molecular weight excluding hydrogens is 1370 g/mol. The summed E-state index contributed by atoms with van der Waals surface area (Å²) < 4.78 is 18.3. The van der Waals surface area contributed by atoms with Gasteiger partial charge in [0.05, 0.1) is 48.5 Å². The van der Waals surface area contributed by atoms with E-state index in [0.717, 1.165) is 63.2 Å². The Morgan fingerprint density at radius 1 is 0.408 bits per heavy atom. The highest BCUT2D eigenvalue weighted by Gasteiger charge is 2.23. The third kappa shape index (κ3) is 18.7. The summed E-state index contributed by atoms with van der Waals surface area (Å²) in [6.07, 6.45) is 2.19. The minimum Gasteiger partial charge on any atom is -0.507 e. The smallest absolute Gasteiger partial charge is 0.267 e. The Labute approximate surface area is 594 Å². The van der Waals surface area contributed by atoms with Crippen LogP contribution in [0.25, 0.3) is 56.4 Å². The Balaban J connectivity index is 0.000000169. The van der Waals surface area contributed by atoms with Gasteiger partial charge in [0.25, 0.3) is 16.7 Å². The van der Waals surface area contributed by atoms with Gasteiger partial charge in [0.2, 0.25) is 0 Å². The average Bonchev–Trinajstić information content (AvgIpc) is 1.01. The van der Waals surface area contributed by atoms with E-state index in [4.69, 9.17) is 29.5 Å². The number of nitrogens with zero attached hydrogens (tertiary/aromatic N) is 6. The largest absolute Gasteiger partial charge is 0.507 e. The van der Waals surface area contributed by atoms with Crippen LogP contribution in [0.3, 0.4) is 0 Å². The van der Waals surface area contributed by atoms with Crippen LogP contribution in [0.4, 0.5) is 0 Å². The third-order valence-corrected chi connectivity index (χ3v) is 18.5. The fourth-order valence-corrected chi connectivity index (χ4v) is 12.7. The molecule has 0 unspecified atom stereocenters. The number of aromatic hydroxyl groups is 1. The number of phenolic OH excluding ortho intramolecular Hbond substituents is 1. The Morgan fingerprint density at radius 3 is 1.07 bits per heavy atom. The van der Waals surface area contributed by atoms with Crippen molar-refractivity contribution in [3.8, 4) is 73.7 Å². The molecule has 0 radical (unpaired) electrons. The summed E-state index contributed by atoms with van der Waals surface area (Å²) >= 11 is 5.23. The average molecular weight is 1450 g/mol. The summed E-state index contributed by atoms with van der Waals surface area (Å²) in [5.41, 5.74) is 12.9. The molecule has 13 nitrogen and oxygen atoms in total. The van der Waals surface area contributed by atoms with Crippen molar-refractivity contribution in [1.82, 2.24) is 28.7 Å². The number of aryl methyl sites for hydroxylation is 6. The number of aromatic nitrogens is 6. The minimum absolute atomic E-state index is 0. The van der Waals surface area contributed by atoms with Gasteiger partial charge in [-0.3, -0.25) is 28.1 Å².